The molecule has 0 spiro atoms. The van der Waals surface area contributed by atoms with Crippen LogP contribution in [0.15, 0.2) is 71.3 Å². The number of carbonyl (C=O) groups is 2. The summed E-state index contributed by atoms with van der Waals surface area (Å²) in [7, 11) is 0. The number of thioether (sulfide) groups is 1. The van der Waals surface area contributed by atoms with Gasteiger partial charge < -0.3 is 14.6 Å². The normalized spacial score (nSPS) is 17.2. The molecule has 154 valence electrons. The monoisotopic (exact) mass is 424 g/mol. The van der Waals surface area contributed by atoms with E-state index in [0.717, 1.165) is 16.9 Å². The molecule has 3 aromatic rings. The highest BCUT2D eigenvalue weighted by molar-refractivity contribution is 8.00. The van der Waals surface area contributed by atoms with Crippen molar-refractivity contribution in [2.24, 2.45) is 0 Å². The van der Waals surface area contributed by atoms with Crippen LogP contribution in [-0.4, -0.2) is 22.5 Å². The average molecular weight is 424 g/mol. The summed E-state index contributed by atoms with van der Waals surface area (Å²) in [6.45, 7) is 2.27. The van der Waals surface area contributed by atoms with Crippen molar-refractivity contribution in [3.05, 3.63) is 95.2 Å². The quantitative estimate of drug-likeness (QED) is 0.624. The number of benzene rings is 2. The Balaban J connectivity index is 1.43. The number of nitrogens with zero attached hydrogens (tertiary/aromatic N) is 1. The zero-order valence-electron chi connectivity index (χ0n) is 16.4. The van der Waals surface area contributed by atoms with Crippen molar-refractivity contribution in [2.45, 2.75) is 24.9 Å². The minimum Gasteiger partial charge on any atom is -0.467 e. The summed E-state index contributed by atoms with van der Waals surface area (Å²) in [5.41, 5.74) is 2.32. The van der Waals surface area contributed by atoms with Crippen LogP contribution in [0.4, 0.5) is 4.39 Å². The molecule has 7 heteroatoms. The molecule has 1 N–H and O–H groups in total. The van der Waals surface area contributed by atoms with Gasteiger partial charge in [0.25, 0.3) is 5.91 Å². The van der Waals surface area contributed by atoms with Gasteiger partial charge in [0, 0.05) is 5.56 Å². The van der Waals surface area contributed by atoms with E-state index in [1.54, 1.807) is 53.3 Å². The van der Waals surface area contributed by atoms with E-state index in [0.29, 0.717) is 17.9 Å². The third-order valence-electron chi connectivity index (χ3n) is 5.05. The molecule has 5 nitrogen and oxygen atoms in total. The molecule has 1 aromatic heterocycles. The van der Waals surface area contributed by atoms with Gasteiger partial charge in [-0.2, -0.15) is 0 Å². The maximum atomic E-state index is 13.1. The van der Waals surface area contributed by atoms with Crippen LogP contribution in [0.5, 0.6) is 0 Å². The summed E-state index contributed by atoms with van der Waals surface area (Å²) in [5.74, 6) is 0.708. The van der Waals surface area contributed by atoms with E-state index in [4.69, 9.17) is 4.42 Å². The van der Waals surface area contributed by atoms with Crippen molar-refractivity contribution < 1.29 is 18.4 Å². The summed E-state index contributed by atoms with van der Waals surface area (Å²) in [6.07, 6.45) is 1.60. The van der Waals surface area contributed by atoms with E-state index in [9.17, 15) is 14.0 Å². The maximum Gasteiger partial charge on any atom is 0.251 e. The van der Waals surface area contributed by atoms with Crippen LogP contribution < -0.4 is 5.32 Å². The van der Waals surface area contributed by atoms with Gasteiger partial charge in [0.05, 0.1) is 24.6 Å². The van der Waals surface area contributed by atoms with Gasteiger partial charge in [-0.25, -0.2) is 4.39 Å². The predicted molar refractivity (Wildman–Crippen MR) is 113 cm³/mol. The van der Waals surface area contributed by atoms with Crippen molar-refractivity contribution in [1.82, 2.24) is 10.2 Å². The van der Waals surface area contributed by atoms with E-state index in [2.05, 4.69) is 5.32 Å². The van der Waals surface area contributed by atoms with Gasteiger partial charge in [-0.1, -0.05) is 24.3 Å². The average Bonchev–Trinajstić information content (AvgIpc) is 3.39. The summed E-state index contributed by atoms with van der Waals surface area (Å²) >= 11 is 1.56. The first-order valence-corrected chi connectivity index (χ1v) is 10.7. The molecule has 1 fully saturated rings. The molecule has 0 bridgehead atoms. The van der Waals surface area contributed by atoms with E-state index in [-0.39, 0.29) is 29.0 Å². The number of hydrogen-bond donors (Lipinski definition) is 1. The molecule has 1 saturated heterocycles. The molecule has 2 heterocycles. The SMILES string of the molecule is C[C@@H](NC(=O)c1ccc([C@@H]2SCC(=O)N2Cc2ccco2)cc1)c1ccc(F)cc1. The Labute approximate surface area is 178 Å². The highest BCUT2D eigenvalue weighted by Gasteiger charge is 2.33. The van der Waals surface area contributed by atoms with Crippen molar-refractivity contribution >= 4 is 23.6 Å². The Hall–Kier alpha value is -3.06. The first-order valence-electron chi connectivity index (χ1n) is 9.61. The van der Waals surface area contributed by atoms with Gasteiger partial charge in [0.15, 0.2) is 0 Å². The fourth-order valence-corrected chi connectivity index (χ4v) is 4.57. The predicted octanol–water partition coefficient (Wildman–Crippen LogP) is 4.68. The van der Waals surface area contributed by atoms with E-state index in [1.807, 2.05) is 25.1 Å². The first-order chi connectivity index (χ1) is 14.5. The molecular weight excluding hydrogens is 403 g/mol. The van der Waals surface area contributed by atoms with Gasteiger partial charge in [0.1, 0.15) is 17.0 Å². The van der Waals surface area contributed by atoms with Crippen molar-refractivity contribution in [2.75, 3.05) is 5.75 Å². The first kappa shape index (κ1) is 20.2. The summed E-state index contributed by atoms with van der Waals surface area (Å²) < 4.78 is 18.5. The molecular formula is C23H21FN2O3S. The molecule has 2 aromatic carbocycles. The fraction of sp³-hybridized carbons (Fsp3) is 0.217. The number of furan rings is 1. The minimum absolute atomic E-state index is 0.0661. The maximum absolute atomic E-state index is 13.1. The molecule has 0 saturated carbocycles. The second kappa shape index (κ2) is 8.75. The fourth-order valence-electron chi connectivity index (χ4n) is 3.39. The number of hydrogen-bond acceptors (Lipinski definition) is 4. The second-order valence-corrected chi connectivity index (χ2v) is 8.20. The summed E-state index contributed by atoms with van der Waals surface area (Å²) in [6, 6.07) is 16.8. The lowest BCUT2D eigenvalue weighted by molar-refractivity contribution is -0.128. The van der Waals surface area contributed by atoms with Gasteiger partial charge in [0.2, 0.25) is 5.91 Å². The van der Waals surface area contributed by atoms with Crippen LogP contribution in [0, 0.1) is 5.82 Å². The van der Waals surface area contributed by atoms with Gasteiger partial charge in [-0.15, -0.1) is 11.8 Å². The lowest BCUT2D eigenvalue weighted by Crippen LogP contribution is -2.28. The largest absolute Gasteiger partial charge is 0.467 e. The Kier molecular flexibility index (Phi) is 5.90. The Morgan fingerprint density at radius 1 is 1.20 bits per heavy atom. The highest BCUT2D eigenvalue weighted by atomic mass is 32.2. The topological polar surface area (TPSA) is 62.6 Å². The van der Waals surface area contributed by atoms with Crippen LogP contribution in [0.1, 0.15) is 45.6 Å². The second-order valence-electron chi connectivity index (χ2n) is 7.13. The molecule has 0 radical (unpaired) electrons. The lowest BCUT2D eigenvalue weighted by atomic mass is 10.1. The Morgan fingerprint density at radius 3 is 2.60 bits per heavy atom. The highest BCUT2D eigenvalue weighted by Crippen LogP contribution is 2.39. The Bertz CT molecular complexity index is 1020. The number of amides is 2. The number of carbonyl (C=O) groups excluding carboxylic acids is 2. The van der Waals surface area contributed by atoms with Crippen LogP contribution in [0.25, 0.3) is 0 Å². The molecule has 0 unspecified atom stereocenters. The summed E-state index contributed by atoms with van der Waals surface area (Å²) in [5, 5.41) is 2.81. The molecule has 4 rings (SSSR count). The van der Waals surface area contributed by atoms with Crippen molar-refractivity contribution in [3.8, 4) is 0 Å². The van der Waals surface area contributed by atoms with Crippen molar-refractivity contribution in [1.29, 1.82) is 0 Å². The van der Waals surface area contributed by atoms with E-state index in [1.165, 1.54) is 12.1 Å². The molecule has 1 aliphatic heterocycles. The molecule has 2 atom stereocenters. The third kappa shape index (κ3) is 4.41. The molecule has 1 aliphatic rings. The number of nitrogens with one attached hydrogen (secondary N) is 1. The van der Waals surface area contributed by atoms with E-state index < -0.39 is 0 Å². The number of rotatable bonds is 6. The summed E-state index contributed by atoms with van der Waals surface area (Å²) in [4.78, 5) is 26.7. The molecule has 30 heavy (non-hydrogen) atoms. The van der Waals surface area contributed by atoms with Gasteiger partial charge in [-0.05, 0) is 54.4 Å². The lowest BCUT2D eigenvalue weighted by Gasteiger charge is -2.23. The van der Waals surface area contributed by atoms with E-state index >= 15 is 0 Å². The van der Waals surface area contributed by atoms with Gasteiger partial charge >= 0.3 is 0 Å². The van der Waals surface area contributed by atoms with Crippen LogP contribution in [0.2, 0.25) is 0 Å². The third-order valence-corrected chi connectivity index (χ3v) is 6.31. The zero-order valence-corrected chi connectivity index (χ0v) is 17.2. The zero-order chi connectivity index (χ0) is 21.1. The number of halogens is 1. The minimum atomic E-state index is -0.308. The standard InChI is InChI=1S/C23H21FN2O3S/c1-15(16-8-10-19(24)11-9-16)25-22(28)17-4-6-18(7-5-17)23-26(21(27)14-30-23)13-20-3-2-12-29-20/h2-12,15,23H,13-14H2,1H3,(H,25,28)/t15-,23+/m1/s1. The van der Waals surface area contributed by atoms with Gasteiger partial charge in [-0.3, -0.25) is 9.59 Å². The van der Waals surface area contributed by atoms with Crippen molar-refractivity contribution in [3.63, 3.8) is 0 Å². The van der Waals surface area contributed by atoms with Crippen LogP contribution in [0.3, 0.4) is 0 Å². The van der Waals surface area contributed by atoms with Crippen LogP contribution >= 0.6 is 11.8 Å². The molecule has 2 amide bonds. The smallest absolute Gasteiger partial charge is 0.251 e. The molecule has 0 aliphatic carbocycles. The Morgan fingerprint density at radius 2 is 1.93 bits per heavy atom. The van der Waals surface area contributed by atoms with Crippen LogP contribution in [-0.2, 0) is 11.3 Å².